The summed E-state index contributed by atoms with van der Waals surface area (Å²) < 4.78 is 28.5. The Labute approximate surface area is 122 Å². The number of ether oxygens (including phenoxy) is 1. The Balaban J connectivity index is 2.47. The lowest BCUT2D eigenvalue weighted by Gasteiger charge is -2.13. The molecule has 0 radical (unpaired) electrons. The van der Waals surface area contributed by atoms with Crippen LogP contribution in [0, 0.1) is 0 Å². The van der Waals surface area contributed by atoms with Crippen LogP contribution in [-0.4, -0.2) is 32.6 Å². The Hall–Kier alpha value is -1.07. The van der Waals surface area contributed by atoms with Crippen LogP contribution in [0.1, 0.15) is 32.8 Å². The first-order valence-electron chi connectivity index (χ1n) is 7.09. The number of benzene rings is 1. The summed E-state index contributed by atoms with van der Waals surface area (Å²) in [6, 6.07) is 8.26. The molecule has 0 aromatic heterocycles. The molecule has 0 fully saturated rings. The van der Waals surface area contributed by atoms with Crippen LogP contribution in [0.4, 0.5) is 0 Å². The molecular formula is C15H25NO3S. The molecule has 0 aliphatic carbocycles. The van der Waals surface area contributed by atoms with Gasteiger partial charge in [0.05, 0.1) is 12.4 Å². The number of rotatable bonds is 9. The summed E-state index contributed by atoms with van der Waals surface area (Å²) in [5.74, 6) is 1.21. The van der Waals surface area contributed by atoms with E-state index in [-0.39, 0.29) is 11.5 Å². The second-order valence-electron chi connectivity index (χ2n) is 5.08. The zero-order valence-corrected chi connectivity index (χ0v) is 13.4. The quantitative estimate of drug-likeness (QED) is 0.711. The number of sulfone groups is 1. The lowest BCUT2D eigenvalue weighted by Crippen LogP contribution is -2.22. The molecule has 0 unspecified atom stereocenters. The lowest BCUT2D eigenvalue weighted by molar-refractivity contribution is 0.313. The average Bonchev–Trinajstić information content (AvgIpc) is 2.42. The maximum atomic E-state index is 11.4. The maximum absolute atomic E-state index is 11.4. The van der Waals surface area contributed by atoms with Crippen molar-refractivity contribution in [3.8, 4) is 5.75 Å². The van der Waals surface area contributed by atoms with E-state index in [0.717, 1.165) is 17.9 Å². The second-order valence-corrected chi connectivity index (χ2v) is 7.55. The molecule has 0 atom stereocenters. The van der Waals surface area contributed by atoms with Gasteiger partial charge in [-0.2, -0.15) is 0 Å². The molecule has 1 rings (SSSR count). The van der Waals surface area contributed by atoms with Gasteiger partial charge >= 0.3 is 0 Å². The molecule has 1 N–H and O–H groups in total. The van der Waals surface area contributed by atoms with Crippen LogP contribution in [0.2, 0.25) is 0 Å². The SMILES string of the molecule is CCS(=O)(=O)CCCOc1ccccc1CNC(C)C. The molecule has 5 heteroatoms. The molecule has 4 nitrogen and oxygen atoms in total. The van der Waals surface area contributed by atoms with Crippen molar-refractivity contribution < 1.29 is 13.2 Å². The van der Waals surface area contributed by atoms with Crippen LogP contribution < -0.4 is 10.1 Å². The topological polar surface area (TPSA) is 55.4 Å². The summed E-state index contributed by atoms with van der Waals surface area (Å²) in [5.41, 5.74) is 1.10. The zero-order chi connectivity index (χ0) is 15.0. The fourth-order valence-electron chi connectivity index (χ4n) is 1.71. The van der Waals surface area contributed by atoms with Gasteiger partial charge in [0.1, 0.15) is 15.6 Å². The molecule has 0 saturated heterocycles. The molecule has 1 aromatic rings. The van der Waals surface area contributed by atoms with Gasteiger partial charge in [-0.1, -0.05) is 39.0 Å². The summed E-state index contributed by atoms with van der Waals surface area (Å²) in [4.78, 5) is 0. The fraction of sp³-hybridized carbons (Fsp3) is 0.600. The van der Waals surface area contributed by atoms with Crippen molar-refractivity contribution in [1.29, 1.82) is 0 Å². The van der Waals surface area contributed by atoms with Crippen LogP contribution in [0.25, 0.3) is 0 Å². The van der Waals surface area contributed by atoms with Gasteiger partial charge < -0.3 is 10.1 Å². The third-order valence-corrected chi connectivity index (χ3v) is 4.76. The Morgan fingerprint density at radius 3 is 2.60 bits per heavy atom. The molecule has 0 bridgehead atoms. The van der Waals surface area contributed by atoms with Gasteiger partial charge in [-0.05, 0) is 12.5 Å². The predicted molar refractivity (Wildman–Crippen MR) is 82.9 cm³/mol. The molecule has 0 heterocycles. The van der Waals surface area contributed by atoms with Crippen LogP contribution in [0.3, 0.4) is 0 Å². The van der Waals surface area contributed by atoms with E-state index in [1.807, 2.05) is 24.3 Å². The summed E-state index contributed by atoms with van der Waals surface area (Å²) in [6.45, 7) is 7.04. The fourth-order valence-corrected chi connectivity index (χ4v) is 2.56. The van der Waals surface area contributed by atoms with Crippen LogP contribution >= 0.6 is 0 Å². The maximum Gasteiger partial charge on any atom is 0.150 e. The largest absolute Gasteiger partial charge is 0.493 e. The monoisotopic (exact) mass is 299 g/mol. The van der Waals surface area contributed by atoms with E-state index in [1.54, 1.807) is 6.92 Å². The highest BCUT2D eigenvalue weighted by Gasteiger charge is 2.08. The van der Waals surface area contributed by atoms with E-state index >= 15 is 0 Å². The standard InChI is InChI=1S/C15H25NO3S/c1-4-20(17,18)11-7-10-19-15-9-6-5-8-14(15)12-16-13(2)3/h5-6,8-9,13,16H,4,7,10-12H2,1-3H3. The minimum Gasteiger partial charge on any atom is -0.493 e. The molecule has 1 aromatic carbocycles. The minimum atomic E-state index is -2.90. The average molecular weight is 299 g/mol. The van der Waals surface area contributed by atoms with E-state index in [0.29, 0.717) is 19.1 Å². The van der Waals surface area contributed by atoms with E-state index in [2.05, 4.69) is 19.2 Å². The first kappa shape index (κ1) is 17.0. The van der Waals surface area contributed by atoms with Crippen molar-refractivity contribution in [2.24, 2.45) is 0 Å². The molecule has 0 saturated carbocycles. The van der Waals surface area contributed by atoms with Gasteiger partial charge in [0.2, 0.25) is 0 Å². The van der Waals surface area contributed by atoms with Crippen molar-refractivity contribution in [2.75, 3.05) is 18.1 Å². The Morgan fingerprint density at radius 2 is 1.95 bits per heavy atom. The highest BCUT2D eigenvalue weighted by molar-refractivity contribution is 7.91. The van der Waals surface area contributed by atoms with Crippen molar-refractivity contribution in [3.05, 3.63) is 29.8 Å². The van der Waals surface area contributed by atoms with Gasteiger partial charge in [-0.3, -0.25) is 0 Å². The third kappa shape index (κ3) is 6.39. The van der Waals surface area contributed by atoms with Gasteiger partial charge in [0.15, 0.2) is 0 Å². The Kier molecular flexibility index (Phi) is 7.02. The van der Waals surface area contributed by atoms with Crippen molar-refractivity contribution >= 4 is 9.84 Å². The van der Waals surface area contributed by atoms with Gasteiger partial charge in [-0.25, -0.2) is 8.42 Å². The summed E-state index contributed by atoms with van der Waals surface area (Å²) >= 11 is 0. The number of nitrogens with one attached hydrogen (secondary N) is 1. The smallest absolute Gasteiger partial charge is 0.150 e. The molecular weight excluding hydrogens is 274 g/mol. The zero-order valence-electron chi connectivity index (χ0n) is 12.6. The van der Waals surface area contributed by atoms with Gasteiger partial charge in [0, 0.05) is 23.9 Å². The second kappa shape index (κ2) is 8.27. The van der Waals surface area contributed by atoms with Gasteiger partial charge in [-0.15, -0.1) is 0 Å². The number of hydrogen-bond donors (Lipinski definition) is 1. The normalized spacial score (nSPS) is 11.8. The molecule has 0 amide bonds. The summed E-state index contributed by atoms with van der Waals surface area (Å²) in [5, 5.41) is 3.35. The Bertz CT molecular complexity index is 498. The summed E-state index contributed by atoms with van der Waals surface area (Å²) in [6.07, 6.45) is 0.530. The molecule has 0 aliphatic rings. The van der Waals surface area contributed by atoms with Crippen LogP contribution in [0.5, 0.6) is 5.75 Å². The van der Waals surface area contributed by atoms with Crippen molar-refractivity contribution in [1.82, 2.24) is 5.32 Å². The van der Waals surface area contributed by atoms with Crippen molar-refractivity contribution in [3.63, 3.8) is 0 Å². The van der Waals surface area contributed by atoms with Gasteiger partial charge in [0.25, 0.3) is 0 Å². The number of para-hydroxylation sites is 1. The first-order valence-corrected chi connectivity index (χ1v) is 8.91. The van der Waals surface area contributed by atoms with Crippen LogP contribution in [-0.2, 0) is 16.4 Å². The molecule has 0 spiro atoms. The Morgan fingerprint density at radius 1 is 1.25 bits per heavy atom. The van der Waals surface area contributed by atoms with E-state index < -0.39 is 9.84 Å². The van der Waals surface area contributed by atoms with Crippen LogP contribution in [0.15, 0.2) is 24.3 Å². The highest BCUT2D eigenvalue weighted by Crippen LogP contribution is 2.18. The lowest BCUT2D eigenvalue weighted by atomic mass is 10.2. The third-order valence-electron chi connectivity index (χ3n) is 2.97. The van der Waals surface area contributed by atoms with E-state index in [1.165, 1.54) is 0 Å². The molecule has 0 aliphatic heterocycles. The first-order chi connectivity index (χ1) is 9.44. The van der Waals surface area contributed by atoms with E-state index in [4.69, 9.17) is 4.74 Å². The summed E-state index contributed by atoms with van der Waals surface area (Å²) in [7, 11) is -2.90. The van der Waals surface area contributed by atoms with E-state index in [9.17, 15) is 8.42 Å². The van der Waals surface area contributed by atoms with Crippen molar-refractivity contribution in [2.45, 2.75) is 39.8 Å². The minimum absolute atomic E-state index is 0.190. The molecule has 20 heavy (non-hydrogen) atoms. The number of hydrogen-bond acceptors (Lipinski definition) is 4. The highest BCUT2D eigenvalue weighted by atomic mass is 32.2. The molecule has 114 valence electrons. The predicted octanol–water partition coefficient (Wildman–Crippen LogP) is 2.39.